The molecule has 2 unspecified atom stereocenters. The Morgan fingerprint density at radius 3 is 2.50 bits per heavy atom. The van der Waals surface area contributed by atoms with Gasteiger partial charge in [0.2, 0.25) is 11.5 Å². The predicted octanol–water partition coefficient (Wildman–Crippen LogP) is 1.14. The van der Waals surface area contributed by atoms with Crippen molar-refractivity contribution in [3.05, 3.63) is 17.5 Å². The van der Waals surface area contributed by atoms with Gasteiger partial charge in [0.25, 0.3) is 0 Å². The van der Waals surface area contributed by atoms with Crippen molar-refractivity contribution in [3.8, 4) is 0 Å². The lowest BCUT2D eigenvalue weighted by molar-refractivity contribution is -0.159. The Hall–Kier alpha value is -2.31. The van der Waals surface area contributed by atoms with Gasteiger partial charge in [0.15, 0.2) is 11.6 Å². The van der Waals surface area contributed by atoms with Crippen LogP contribution in [0.2, 0.25) is 0 Å². The Morgan fingerprint density at radius 1 is 1.36 bits per heavy atom. The summed E-state index contributed by atoms with van der Waals surface area (Å²) in [7, 11) is 1.17. The Balaban J connectivity index is 2.40. The highest BCUT2D eigenvalue weighted by atomic mass is 16.5. The quantitative estimate of drug-likeness (QED) is 0.468. The second-order valence-electron chi connectivity index (χ2n) is 6.12. The minimum Gasteiger partial charge on any atom is -0.468 e. The lowest BCUT2D eigenvalue weighted by Gasteiger charge is -2.37. The van der Waals surface area contributed by atoms with E-state index in [2.05, 4.69) is 9.89 Å². The molecule has 0 bridgehead atoms. The van der Waals surface area contributed by atoms with Crippen molar-refractivity contribution in [2.45, 2.75) is 27.2 Å². The number of esters is 1. The van der Waals surface area contributed by atoms with Gasteiger partial charge in [-0.3, -0.25) is 19.2 Å². The van der Waals surface area contributed by atoms with Crippen LogP contribution >= 0.6 is 0 Å². The molecular formula is C15H17NO6. The van der Waals surface area contributed by atoms with E-state index in [4.69, 9.17) is 4.52 Å². The van der Waals surface area contributed by atoms with E-state index >= 15 is 0 Å². The molecule has 22 heavy (non-hydrogen) atoms. The van der Waals surface area contributed by atoms with Gasteiger partial charge >= 0.3 is 5.97 Å². The van der Waals surface area contributed by atoms with Gasteiger partial charge in [-0.15, -0.1) is 0 Å². The topological polar surface area (TPSA) is 104 Å². The maximum absolute atomic E-state index is 12.6. The molecule has 118 valence electrons. The van der Waals surface area contributed by atoms with Crippen molar-refractivity contribution in [2.75, 3.05) is 7.11 Å². The van der Waals surface area contributed by atoms with Crippen LogP contribution < -0.4 is 0 Å². The number of Topliss-reactive ketones (excluding diaryl/α,β-unsaturated/α-hetero) is 3. The van der Waals surface area contributed by atoms with Gasteiger partial charge in [-0.2, -0.15) is 0 Å². The Bertz CT molecular complexity index is 657. The average Bonchev–Trinajstić information content (AvgIpc) is 2.83. The minimum absolute atomic E-state index is 0.0674. The first-order chi connectivity index (χ1) is 10.2. The highest BCUT2D eigenvalue weighted by Crippen LogP contribution is 2.40. The monoisotopic (exact) mass is 307 g/mol. The molecule has 0 amide bonds. The highest BCUT2D eigenvalue weighted by molar-refractivity contribution is 6.28. The summed E-state index contributed by atoms with van der Waals surface area (Å²) in [6.45, 7) is 4.87. The molecule has 1 aliphatic carbocycles. The van der Waals surface area contributed by atoms with Crippen LogP contribution in [0.25, 0.3) is 0 Å². The van der Waals surface area contributed by atoms with Crippen molar-refractivity contribution >= 4 is 23.3 Å². The van der Waals surface area contributed by atoms with Gasteiger partial charge in [-0.05, 0) is 12.3 Å². The molecule has 0 N–H and O–H groups in total. The number of ketones is 3. The van der Waals surface area contributed by atoms with Crippen LogP contribution in [0.15, 0.2) is 10.6 Å². The van der Waals surface area contributed by atoms with E-state index in [-0.39, 0.29) is 12.2 Å². The smallest absolute Gasteiger partial charge is 0.316 e. The molecule has 7 nitrogen and oxygen atoms in total. The van der Waals surface area contributed by atoms with E-state index in [1.807, 2.05) is 0 Å². The molecule has 2 rings (SSSR count). The second-order valence-corrected chi connectivity index (χ2v) is 6.12. The number of carbonyl (C=O) groups is 4. The molecule has 1 saturated carbocycles. The van der Waals surface area contributed by atoms with Gasteiger partial charge in [-0.25, -0.2) is 0 Å². The van der Waals surface area contributed by atoms with Crippen LogP contribution in [-0.2, 0) is 19.1 Å². The average molecular weight is 307 g/mol. The summed E-state index contributed by atoms with van der Waals surface area (Å²) in [5, 5.41) is 3.57. The molecule has 0 saturated heterocycles. The molecular weight excluding hydrogens is 290 g/mol. The number of methoxy groups -OCH3 is 1. The third kappa shape index (κ3) is 2.58. The first-order valence-electron chi connectivity index (χ1n) is 6.81. The van der Waals surface area contributed by atoms with Crippen molar-refractivity contribution in [2.24, 2.45) is 17.3 Å². The molecule has 0 radical (unpaired) electrons. The SMILES string of the molecule is COC(=O)C1C(=O)C(C(=O)c2cc(C)no2)C(=O)CC1(C)C. The van der Waals surface area contributed by atoms with Gasteiger partial charge in [0.05, 0.1) is 12.8 Å². The third-order valence-corrected chi connectivity index (χ3v) is 3.87. The standard InChI is InChI=1S/C15H17NO6/c1-7-5-9(22-16-7)12(18)10-8(17)6-15(2,3)11(13(10)19)14(20)21-4/h5,10-11H,6H2,1-4H3. The van der Waals surface area contributed by atoms with Crippen LogP contribution in [-0.4, -0.2) is 35.6 Å². The molecule has 1 heterocycles. The maximum Gasteiger partial charge on any atom is 0.316 e. The van der Waals surface area contributed by atoms with Gasteiger partial charge in [0, 0.05) is 12.5 Å². The summed E-state index contributed by atoms with van der Waals surface area (Å²) < 4.78 is 9.48. The number of ether oxygens (including phenoxy) is 1. The molecule has 0 spiro atoms. The number of rotatable bonds is 3. The first kappa shape index (κ1) is 16.1. The second kappa shape index (κ2) is 5.47. The van der Waals surface area contributed by atoms with Crippen LogP contribution in [0, 0.1) is 24.2 Å². The Morgan fingerprint density at radius 2 is 2.00 bits per heavy atom. The maximum atomic E-state index is 12.6. The molecule has 1 fully saturated rings. The van der Waals surface area contributed by atoms with Crippen LogP contribution in [0.5, 0.6) is 0 Å². The summed E-state index contributed by atoms with van der Waals surface area (Å²) in [5.41, 5.74) is -0.432. The Kier molecular flexibility index (Phi) is 4.00. The number of nitrogens with zero attached hydrogens (tertiary/aromatic N) is 1. The van der Waals surface area contributed by atoms with Gasteiger partial charge < -0.3 is 9.26 Å². The molecule has 0 aromatic carbocycles. The minimum atomic E-state index is -1.54. The zero-order valence-electron chi connectivity index (χ0n) is 12.8. The number of hydrogen-bond donors (Lipinski definition) is 0. The van der Waals surface area contributed by atoms with Gasteiger partial charge in [-0.1, -0.05) is 19.0 Å². The van der Waals surface area contributed by atoms with E-state index in [9.17, 15) is 19.2 Å². The number of aromatic nitrogens is 1. The van der Waals surface area contributed by atoms with Gasteiger partial charge in [0.1, 0.15) is 11.8 Å². The molecule has 1 aromatic rings. The zero-order chi connectivity index (χ0) is 16.7. The summed E-state index contributed by atoms with van der Waals surface area (Å²) in [5.74, 6) is -5.62. The van der Waals surface area contributed by atoms with E-state index in [0.29, 0.717) is 5.69 Å². The fraction of sp³-hybridized carbons (Fsp3) is 0.533. The lowest BCUT2D eigenvalue weighted by atomic mass is 9.63. The van der Waals surface area contributed by atoms with Crippen molar-refractivity contribution in [1.29, 1.82) is 0 Å². The van der Waals surface area contributed by atoms with Crippen molar-refractivity contribution < 1.29 is 28.4 Å². The number of hydrogen-bond acceptors (Lipinski definition) is 7. The fourth-order valence-electron chi connectivity index (χ4n) is 2.81. The van der Waals surface area contributed by atoms with E-state index < -0.39 is 40.6 Å². The molecule has 2 atom stereocenters. The zero-order valence-corrected chi connectivity index (χ0v) is 12.8. The normalized spacial score (nSPS) is 24.2. The molecule has 0 aliphatic heterocycles. The molecule has 7 heteroatoms. The van der Waals surface area contributed by atoms with Crippen molar-refractivity contribution in [3.63, 3.8) is 0 Å². The highest BCUT2D eigenvalue weighted by Gasteiger charge is 2.54. The number of aryl methyl sites for hydroxylation is 1. The van der Waals surface area contributed by atoms with Crippen molar-refractivity contribution in [1.82, 2.24) is 5.16 Å². The lowest BCUT2D eigenvalue weighted by Crippen LogP contribution is -2.51. The molecule has 1 aromatic heterocycles. The summed E-state index contributed by atoms with van der Waals surface area (Å²) in [4.78, 5) is 49.1. The van der Waals surface area contributed by atoms with Crippen LogP contribution in [0.4, 0.5) is 0 Å². The summed E-state index contributed by atoms with van der Waals surface area (Å²) in [6.07, 6.45) is -0.0674. The van der Waals surface area contributed by atoms with Crippen LogP contribution in [0.1, 0.15) is 36.5 Å². The fourth-order valence-corrected chi connectivity index (χ4v) is 2.81. The third-order valence-electron chi connectivity index (χ3n) is 3.87. The van der Waals surface area contributed by atoms with E-state index in [1.54, 1.807) is 20.8 Å². The van der Waals surface area contributed by atoms with Crippen LogP contribution in [0.3, 0.4) is 0 Å². The largest absolute Gasteiger partial charge is 0.468 e. The molecule has 1 aliphatic rings. The Labute approximate surface area is 127 Å². The first-order valence-corrected chi connectivity index (χ1v) is 6.81. The summed E-state index contributed by atoms with van der Waals surface area (Å²) >= 11 is 0. The number of carbonyl (C=O) groups excluding carboxylic acids is 4. The van der Waals surface area contributed by atoms with E-state index in [1.165, 1.54) is 13.2 Å². The predicted molar refractivity (Wildman–Crippen MR) is 73.0 cm³/mol. The van der Waals surface area contributed by atoms with E-state index in [0.717, 1.165) is 0 Å². The summed E-state index contributed by atoms with van der Waals surface area (Å²) in [6, 6.07) is 1.36.